The van der Waals surface area contributed by atoms with Crippen molar-refractivity contribution in [2.75, 3.05) is 12.3 Å². The quantitative estimate of drug-likeness (QED) is 0.394. The summed E-state index contributed by atoms with van der Waals surface area (Å²) in [5.74, 6) is 0.795. The average Bonchev–Trinajstić information content (AvgIpc) is 1.41. The molecule has 0 atom stereocenters. The van der Waals surface area contributed by atoms with Crippen molar-refractivity contribution < 1.29 is 0 Å². The van der Waals surface area contributed by atoms with Crippen molar-refractivity contribution in [3.05, 3.63) is 0 Å². The third-order valence-corrected chi connectivity index (χ3v) is 0.619. The number of thiol groups is 1. The first kappa shape index (κ1) is 5.60. The van der Waals surface area contributed by atoms with Gasteiger partial charge in [-0.1, -0.05) is 0 Å². The van der Waals surface area contributed by atoms with Crippen LogP contribution in [0.25, 0.3) is 0 Å². The minimum Gasteiger partial charge on any atom is -0.233 e. The van der Waals surface area contributed by atoms with E-state index in [9.17, 15) is 0 Å². The normalized spacial score (nSPS) is 8.40. The average molecular weight is 112 g/mol. The molecule has 5 heavy (non-hydrogen) atoms. The molecule has 0 spiro atoms. The summed E-state index contributed by atoms with van der Waals surface area (Å²) in [5, 5.41) is 0. The standard InChI is InChI=1S/C2H6ClNS/c3-4-1-2-5/h4-5H,1-2H2. The highest BCUT2D eigenvalue weighted by Crippen LogP contribution is 1.67. The Balaban J connectivity index is 2.19. The van der Waals surface area contributed by atoms with Gasteiger partial charge in [0.2, 0.25) is 0 Å². The fraction of sp³-hybridized carbons (Fsp3) is 1.00. The monoisotopic (exact) mass is 111 g/mol. The number of hydrogen-bond acceptors (Lipinski definition) is 2. The van der Waals surface area contributed by atoms with Crippen molar-refractivity contribution in [3.63, 3.8) is 0 Å². The molecule has 0 unspecified atom stereocenters. The molecule has 0 rings (SSSR count). The van der Waals surface area contributed by atoms with Gasteiger partial charge in [-0.3, -0.25) is 0 Å². The third-order valence-electron chi connectivity index (χ3n) is 0.206. The molecule has 1 N–H and O–H groups in total. The number of halogens is 1. The van der Waals surface area contributed by atoms with Crippen molar-refractivity contribution >= 4 is 24.4 Å². The smallest absolute Gasteiger partial charge is 0.0196 e. The van der Waals surface area contributed by atoms with Gasteiger partial charge in [-0.15, -0.1) is 0 Å². The highest BCUT2D eigenvalue weighted by atomic mass is 35.5. The number of rotatable bonds is 2. The zero-order chi connectivity index (χ0) is 4.12. The van der Waals surface area contributed by atoms with Gasteiger partial charge in [0, 0.05) is 12.3 Å². The lowest BCUT2D eigenvalue weighted by Crippen LogP contribution is -2.00. The summed E-state index contributed by atoms with van der Waals surface area (Å²) >= 11 is 8.86. The molecule has 0 aliphatic carbocycles. The zero-order valence-corrected chi connectivity index (χ0v) is 4.39. The van der Waals surface area contributed by atoms with Gasteiger partial charge in [0.15, 0.2) is 0 Å². The molecule has 3 heteroatoms. The van der Waals surface area contributed by atoms with Gasteiger partial charge in [0.25, 0.3) is 0 Å². The van der Waals surface area contributed by atoms with E-state index >= 15 is 0 Å². The summed E-state index contributed by atoms with van der Waals surface area (Å²) in [5.41, 5.74) is 0. The SMILES string of the molecule is SCCNCl. The van der Waals surface area contributed by atoms with E-state index in [2.05, 4.69) is 17.5 Å². The molecule has 0 aliphatic rings. The van der Waals surface area contributed by atoms with Crippen LogP contribution in [0.3, 0.4) is 0 Å². The van der Waals surface area contributed by atoms with E-state index in [1.165, 1.54) is 0 Å². The molecule has 0 amide bonds. The molecule has 0 aromatic carbocycles. The largest absolute Gasteiger partial charge is 0.233 e. The fourth-order valence-electron chi connectivity index (χ4n) is 0.0423. The first-order valence-electron chi connectivity index (χ1n) is 1.36. The lowest BCUT2D eigenvalue weighted by Gasteiger charge is -1.80. The Bertz CT molecular complexity index is 17.1. The van der Waals surface area contributed by atoms with Crippen LogP contribution in [-0.4, -0.2) is 12.3 Å². The molecule has 0 saturated heterocycles. The Morgan fingerprint density at radius 1 is 1.80 bits per heavy atom. The summed E-state index contributed by atoms with van der Waals surface area (Å²) in [6, 6.07) is 0. The molecule has 0 fully saturated rings. The summed E-state index contributed by atoms with van der Waals surface area (Å²) in [4.78, 5) is 2.41. The second kappa shape index (κ2) is 4.60. The zero-order valence-electron chi connectivity index (χ0n) is 2.74. The van der Waals surface area contributed by atoms with Gasteiger partial charge >= 0.3 is 0 Å². The Morgan fingerprint density at radius 3 is 2.40 bits per heavy atom. The van der Waals surface area contributed by atoms with E-state index in [0.29, 0.717) is 0 Å². The molecule has 0 saturated carbocycles. The van der Waals surface area contributed by atoms with Crippen LogP contribution in [0.1, 0.15) is 0 Å². The molecule has 1 nitrogen and oxygen atoms in total. The predicted molar refractivity (Wildman–Crippen MR) is 27.7 cm³/mol. The fourth-order valence-corrected chi connectivity index (χ4v) is 0.380. The second-order valence-corrected chi connectivity index (χ2v) is 1.32. The van der Waals surface area contributed by atoms with Crippen LogP contribution in [0.2, 0.25) is 0 Å². The summed E-state index contributed by atoms with van der Waals surface area (Å²) < 4.78 is 0. The summed E-state index contributed by atoms with van der Waals surface area (Å²) in [6.45, 7) is 0.769. The van der Waals surface area contributed by atoms with Crippen molar-refractivity contribution in [2.24, 2.45) is 0 Å². The molecule has 0 radical (unpaired) electrons. The highest BCUT2D eigenvalue weighted by Gasteiger charge is 1.67. The molecule has 0 heterocycles. The van der Waals surface area contributed by atoms with Crippen molar-refractivity contribution in [3.8, 4) is 0 Å². The van der Waals surface area contributed by atoms with Gasteiger partial charge < -0.3 is 0 Å². The van der Waals surface area contributed by atoms with Gasteiger partial charge in [-0.05, 0) is 11.8 Å². The molecule has 0 aromatic rings. The maximum atomic E-state index is 5.00. The predicted octanol–water partition coefficient (Wildman–Crippen LogP) is 0.660. The first-order chi connectivity index (χ1) is 2.41. The highest BCUT2D eigenvalue weighted by molar-refractivity contribution is 7.80. The Morgan fingerprint density at radius 2 is 2.40 bits per heavy atom. The molecule has 32 valence electrons. The number of nitrogens with one attached hydrogen (secondary N) is 1. The summed E-state index contributed by atoms with van der Waals surface area (Å²) in [6.07, 6.45) is 0. The van der Waals surface area contributed by atoms with Crippen LogP contribution >= 0.6 is 24.4 Å². The minimum absolute atomic E-state index is 0.769. The van der Waals surface area contributed by atoms with Crippen molar-refractivity contribution in [1.29, 1.82) is 0 Å². The topological polar surface area (TPSA) is 12.0 Å². The minimum atomic E-state index is 0.769. The Kier molecular flexibility index (Phi) is 5.15. The van der Waals surface area contributed by atoms with E-state index in [1.807, 2.05) is 0 Å². The van der Waals surface area contributed by atoms with Crippen molar-refractivity contribution in [2.45, 2.75) is 0 Å². The van der Waals surface area contributed by atoms with E-state index in [0.717, 1.165) is 12.3 Å². The molecular formula is C2H6ClNS. The van der Waals surface area contributed by atoms with Crippen LogP contribution < -0.4 is 4.84 Å². The van der Waals surface area contributed by atoms with E-state index in [4.69, 9.17) is 11.8 Å². The Labute approximate surface area is 42.2 Å². The maximum Gasteiger partial charge on any atom is 0.0196 e. The van der Waals surface area contributed by atoms with Gasteiger partial charge in [-0.2, -0.15) is 12.6 Å². The first-order valence-corrected chi connectivity index (χ1v) is 2.37. The molecular weight excluding hydrogens is 106 g/mol. The molecule has 0 aromatic heterocycles. The van der Waals surface area contributed by atoms with Gasteiger partial charge in [-0.25, -0.2) is 4.84 Å². The maximum absolute atomic E-state index is 5.00. The van der Waals surface area contributed by atoms with Crippen LogP contribution in [0, 0.1) is 0 Å². The second-order valence-electron chi connectivity index (χ2n) is 0.607. The lowest BCUT2D eigenvalue weighted by molar-refractivity contribution is 1.04. The molecule has 0 bridgehead atoms. The lowest BCUT2D eigenvalue weighted by atomic mass is 10.8. The van der Waals surface area contributed by atoms with Crippen LogP contribution in [-0.2, 0) is 0 Å². The van der Waals surface area contributed by atoms with Gasteiger partial charge in [0.1, 0.15) is 0 Å². The number of hydrogen-bond donors (Lipinski definition) is 2. The van der Waals surface area contributed by atoms with Crippen LogP contribution in [0.5, 0.6) is 0 Å². The van der Waals surface area contributed by atoms with Gasteiger partial charge in [0.05, 0.1) is 0 Å². The van der Waals surface area contributed by atoms with E-state index in [1.54, 1.807) is 0 Å². The van der Waals surface area contributed by atoms with Crippen LogP contribution in [0.15, 0.2) is 0 Å². The van der Waals surface area contributed by atoms with E-state index < -0.39 is 0 Å². The molecule has 0 aliphatic heterocycles. The van der Waals surface area contributed by atoms with E-state index in [-0.39, 0.29) is 0 Å². The Hall–Kier alpha value is 0.600. The van der Waals surface area contributed by atoms with Crippen molar-refractivity contribution in [1.82, 2.24) is 4.84 Å². The van der Waals surface area contributed by atoms with Crippen LogP contribution in [0.4, 0.5) is 0 Å². The summed E-state index contributed by atoms with van der Waals surface area (Å²) in [7, 11) is 0. The third kappa shape index (κ3) is 4.60.